The zero-order valence-corrected chi connectivity index (χ0v) is 9.14. The number of nitrogens with one attached hydrogen (secondary N) is 1. The first kappa shape index (κ1) is 12.2. The number of carbonyl (C=O) groups excluding carboxylic acids is 1. The quantitative estimate of drug-likeness (QED) is 0.580. The van der Waals surface area contributed by atoms with Gasteiger partial charge >= 0.3 is 0 Å². The van der Waals surface area contributed by atoms with Gasteiger partial charge in [0.25, 0.3) is 0 Å². The number of hydrogen-bond donors (Lipinski definition) is 2. The predicted octanol–water partition coefficient (Wildman–Crippen LogP) is 1.28. The molecule has 0 aliphatic heterocycles. The van der Waals surface area contributed by atoms with Crippen molar-refractivity contribution in [3.63, 3.8) is 0 Å². The van der Waals surface area contributed by atoms with Crippen LogP contribution in [0.15, 0.2) is 29.3 Å². The Morgan fingerprint density at radius 3 is 2.75 bits per heavy atom. The molecule has 0 saturated heterocycles. The van der Waals surface area contributed by atoms with Crippen molar-refractivity contribution in [3.05, 3.63) is 24.3 Å². The van der Waals surface area contributed by atoms with Gasteiger partial charge in [0.1, 0.15) is 6.61 Å². The second-order valence-corrected chi connectivity index (χ2v) is 3.01. The minimum Gasteiger partial charge on any atom is -0.390 e. The summed E-state index contributed by atoms with van der Waals surface area (Å²) in [4.78, 5) is 15.2. The molecule has 0 atom stereocenters. The van der Waals surface area contributed by atoms with E-state index in [2.05, 4.69) is 10.3 Å². The van der Waals surface area contributed by atoms with Gasteiger partial charge in [-0.2, -0.15) is 0 Å². The standard InChI is InChI=1S/C11H15N3O2/c1-2-16-7-11(15)14-10-5-3-9(4-6-10)13-8-12/h3-6,8H,2,7H2,1H3,(H2,12,13)(H,14,15). The van der Waals surface area contributed by atoms with Crippen molar-refractivity contribution in [1.82, 2.24) is 0 Å². The van der Waals surface area contributed by atoms with Crippen LogP contribution in [-0.4, -0.2) is 25.5 Å². The van der Waals surface area contributed by atoms with Crippen LogP contribution in [0.4, 0.5) is 11.4 Å². The molecule has 1 rings (SSSR count). The molecule has 1 amide bonds. The molecular weight excluding hydrogens is 206 g/mol. The Morgan fingerprint density at radius 2 is 2.19 bits per heavy atom. The van der Waals surface area contributed by atoms with Gasteiger partial charge in [-0.25, -0.2) is 4.99 Å². The normalized spacial score (nSPS) is 10.6. The van der Waals surface area contributed by atoms with Gasteiger partial charge in [0.05, 0.1) is 12.0 Å². The van der Waals surface area contributed by atoms with E-state index < -0.39 is 0 Å². The van der Waals surface area contributed by atoms with E-state index in [9.17, 15) is 4.79 Å². The summed E-state index contributed by atoms with van der Waals surface area (Å²) in [5, 5.41) is 2.70. The summed E-state index contributed by atoms with van der Waals surface area (Å²) in [6.07, 6.45) is 1.22. The van der Waals surface area contributed by atoms with Crippen molar-refractivity contribution in [2.45, 2.75) is 6.92 Å². The van der Waals surface area contributed by atoms with Gasteiger partial charge in [-0.05, 0) is 31.2 Å². The summed E-state index contributed by atoms with van der Waals surface area (Å²) in [5.74, 6) is -0.170. The molecule has 0 unspecified atom stereocenters. The molecule has 0 aliphatic rings. The monoisotopic (exact) mass is 221 g/mol. The Bertz CT molecular complexity index is 360. The van der Waals surface area contributed by atoms with Gasteiger partial charge in [-0.1, -0.05) is 0 Å². The number of ether oxygens (including phenoxy) is 1. The number of anilines is 1. The van der Waals surface area contributed by atoms with E-state index in [1.54, 1.807) is 24.3 Å². The molecule has 16 heavy (non-hydrogen) atoms. The van der Waals surface area contributed by atoms with Crippen LogP contribution in [0.25, 0.3) is 0 Å². The summed E-state index contributed by atoms with van der Waals surface area (Å²) in [6, 6.07) is 7.04. The largest absolute Gasteiger partial charge is 0.390 e. The van der Waals surface area contributed by atoms with Crippen molar-refractivity contribution in [2.75, 3.05) is 18.5 Å². The summed E-state index contributed by atoms with van der Waals surface area (Å²) < 4.78 is 4.98. The van der Waals surface area contributed by atoms with E-state index in [4.69, 9.17) is 10.5 Å². The highest BCUT2D eigenvalue weighted by Crippen LogP contribution is 2.15. The minimum absolute atomic E-state index is 0.0687. The SMILES string of the molecule is CCOCC(=O)Nc1ccc(N=CN)cc1. The van der Waals surface area contributed by atoms with Crippen LogP contribution >= 0.6 is 0 Å². The number of rotatable bonds is 5. The summed E-state index contributed by atoms with van der Waals surface area (Å²) in [5.41, 5.74) is 6.61. The second-order valence-electron chi connectivity index (χ2n) is 3.01. The third kappa shape index (κ3) is 4.10. The van der Waals surface area contributed by atoms with E-state index in [1.165, 1.54) is 6.34 Å². The van der Waals surface area contributed by atoms with Crippen LogP contribution in [0.3, 0.4) is 0 Å². The summed E-state index contributed by atoms with van der Waals surface area (Å²) >= 11 is 0. The highest BCUT2D eigenvalue weighted by molar-refractivity contribution is 5.91. The third-order valence-electron chi connectivity index (χ3n) is 1.81. The average molecular weight is 221 g/mol. The third-order valence-corrected chi connectivity index (χ3v) is 1.81. The molecule has 0 heterocycles. The van der Waals surface area contributed by atoms with Crippen molar-refractivity contribution < 1.29 is 9.53 Å². The number of aliphatic imine (C=N–C) groups is 1. The molecule has 3 N–H and O–H groups in total. The maximum Gasteiger partial charge on any atom is 0.250 e. The van der Waals surface area contributed by atoms with Gasteiger partial charge in [0.2, 0.25) is 5.91 Å². The number of benzene rings is 1. The molecule has 0 radical (unpaired) electrons. The maximum atomic E-state index is 11.3. The molecule has 1 aromatic carbocycles. The van der Waals surface area contributed by atoms with Gasteiger partial charge in [-0.15, -0.1) is 0 Å². The molecule has 86 valence electrons. The van der Waals surface area contributed by atoms with E-state index in [-0.39, 0.29) is 12.5 Å². The van der Waals surface area contributed by atoms with Crippen molar-refractivity contribution >= 4 is 23.6 Å². The first-order valence-electron chi connectivity index (χ1n) is 4.98. The average Bonchev–Trinajstić information content (AvgIpc) is 2.29. The van der Waals surface area contributed by atoms with Crippen LogP contribution in [-0.2, 0) is 9.53 Å². The maximum absolute atomic E-state index is 11.3. The van der Waals surface area contributed by atoms with Gasteiger partial charge in [0, 0.05) is 12.3 Å². The lowest BCUT2D eigenvalue weighted by Gasteiger charge is -2.05. The lowest BCUT2D eigenvalue weighted by molar-refractivity contribution is -0.120. The number of hydrogen-bond acceptors (Lipinski definition) is 3. The van der Waals surface area contributed by atoms with Crippen LogP contribution < -0.4 is 11.1 Å². The van der Waals surface area contributed by atoms with Crippen molar-refractivity contribution in [2.24, 2.45) is 10.7 Å². The van der Waals surface area contributed by atoms with E-state index in [0.29, 0.717) is 12.3 Å². The Morgan fingerprint density at radius 1 is 1.50 bits per heavy atom. The van der Waals surface area contributed by atoms with Crippen LogP contribution in [0.1, 0.15) is 6.92 Å². The Labute approximate surface area is 94.3 Å². The molecule has 0 fully saturated rings. The number of amides is 1. The zero-order chi connectivity index (χ0) is 11.8. The van der Waals surface area contributed by atoms with Crippen LogP contribution in [0.2, 0.25) is 0 Å². The lowest BCUT2D eigenvalue weighted by Crippen LogP contribution is -2.17. The fourth-order valence-corrected chi connectivity index (χ4v) is 1.11. The summed E-state index contributed by atoms with van der Waals surface area (Å²) in [6.45, 7) is 2.43. The molecule has 0 aliphatic carbocycles. The van der Waals surface area contributed by atoms with Crippen molar-refractivity contribution in [3.8, 4) is 0 Å². The van der Waals surface area contributed by atoms with Crippen LogP contribution in [0.5, 0.6) is 0 Å². The van der Waals surface area contributed by atoms with Gasteiger partial charge in [0.15, 0.2) is 0 Å². The fraction of sp³-hybridized carbons (Fsp3) is 0.273. The van der Waals surface area contributed by atoms with E-state index in [1.807, 2.05) is 6.92 Å². The molecule has 0 bridgehead atoms. The van der Waals surface area contributed by atoms with E-state index in [0.717, 1.165) is 5.69 Å². The van der Waals surface area contributed by atoms with Crippen LogP contribution in [0, 0.1) is 0 Å². The van der Waals surface area contributed by atoms with Gasteiger partial charge in [-0.3, -0.25) is 4.79 Å². The molecule has 0 aromatic heterocycles. The van der Waals surface area contributed by atoms with E-state index >= 15 is 0 Å². The number of nitrogens with two attached hydrogens (primary N) is 1. The lowest BCUT2D eigenvalue weighted by atomic mass is 10.3. The molecule has 0 spiro atoms. The Kier molecular flexibility index (Phi) is 5.01. The highest BCUT2D eigenvalue weighted by atomic mass is 16.5. The summed E-state index contributed by atoms with van der Waals surface area (Å²) in [7, 11) is 0. The minimum atomic E-state index is -0.170. The molecule has 0 saturated carbocycles. The number of carbonyl (C=O) groups is 1. The topological polar surface area (TPSA) is 76.7 Å². The van der Waals surface area contributed by atoms with Gasteiger partial charge < -0.3 is 15.8 Å². The fourth-order valence-electron chi connectivity index (χ4n) is 1.11. The molecular formula is C11H15N3O2. The highest BCUT2D eigenvalue weighted by Gasteiger charge is 2.01. The molecule has 5 nitrogen and oxygen atoms in total. The zero-order valence-electron chi connectivity index (χ0n) is 9.14. The smallest absolute Gasteiger partial charge is 0.250 e. The second kappa shape index (κ2) is 6.58. The Balaban J connectivity index is 2.51. The predicted molar refractivity (Wildman–Crippen MR) is 63.9 cm³/mol. The number of nitrogens with zero attached hydrogens (tertiary/aromatic N) is 1. The Hall–Kier alpha value is -1.88. The first-order chi connectivity index (χ1) is 7.76. The first-order valence-corrected chi connectivity index (χ1v) is 4.98. The molecule has 1 aromatic rings. The molecule has 5 heteroatoms. The van der Waals surface area contributed by atoms with Crippen molar-refractivity contribution in [1.29, 1.82) is 0 Å².